The number of phenolic OH excluding ortho intramolecular Hbond substituents is 1. The average Bonchev–Trinajstić information content (AvgIpc) is 2.84. The maximum Gasteiger partial charge on any atom is 0.308 e. The number of carbonyl (C=O) groups is 1. The van der Waals surface area contributed by atoms with Crippen molar-refractivity contribution in [3.8, 4) is 11.5 Å². The van der Waals surface area contributed by atoms with Crippen molar-refractivity contribution < 1.29 is 14.6 Å². The van der Waals surface area contributed by atoms with Gasteiger partial charge in [-0.25, -0.2) is 0 Å². The number of esters is 1. The summed E-state index contributed by atoms with van der Waals surface area (Å²) in [6, 6.07) is 8.37. The van der Waals surface area contributed by atoms with Gasteiger partial charge in [0.1, 0.15) is 0 Å². The van der Waals surface area contributed by atoms with E-state index in [1.807, 2.05) is 17.5 Å². The highest BCUT2D eigenvalue weighted by molar-refractivity contribution is 7.10. The summed E-state index contributed by atoms with van der Waals surface area (Å²) in [6.07, 6.45) is 0. The molecule has 0 radical (unpaired) electrons. The van der Waals surface area contributed by atoms with Crippen LogP contribution >= 0.6 is 11.3 Å². The van der Waals surface area contributed by atoms with Crippen LogP contribution in [-0.4, -0.2) is 11.1 Å². The molecule has 18 heavy (non-hydrogen) atoms. The third-order valence-corrected chi connectivity index (χ3v) is 3.40. The van der Waals surface area contributed by atoms with Crippen molar-refractivity contribution in [3.63, 3.8) is 0 Å². The highest BCUT2D eigenvalue weighted by Gasteiger charge is 2.13. The van der Waals surface area contributed by atoms with Gasteiger partial charge in [-0.15, -0.1) is 11.3 Å². The Kier molecular flexibility index (Phi) is 3.64. The van der Waals surface area contributed by atoms with E-state index in [1.54, 1.807) is 23.5 Å². The summed E-state index contributed by atoms with van der Waals surface area (Å²) in [7, 11) is 0. The van der Waals surface area contributed by atoms with Gasteiger partial charge in [-0.3, -0.25) is 4.79 Å². The van der Waals surface area contributed by atoms with Crippen LogP contribution in [0.2, 0.25) is 0 Å². The van der Waals surface area contributed by atoms with Gasteiger partial charge < -0.3 is 15.6 Å². The lowest BCUT2D eigenvalue weighted by Gasteiger charge is -2.12. The largest absolute Gasteiger partial charge is 0.504 e. The molecule has 3 N–H and O–H groups in total. The van der Waals surface area contributed by atoms with E-state index in [0.717, 1.165) is 10.4 Å². The Balaban J connectivity index is 2.26. The molecule has 0 bridgehead atoms. The Morgan fingerprint density at radius 1 is 1.44 bits per heavy atom. The van der Waals surface area contributed by atoms with Crippen molar-refractivity contribution in [3.05, 3.63) is 46.2 Å². The van der Waals surface area contributed by atoms with Crippen LogP contribution in [0.5, 0.6) is 11.5 Å². The second-order valence-corrected chi connectivity index (χ2v) is 4.79. The van der Waals surface area contributed by atoms with Gasteiger partial charge in [0.2, 0.25) is 0 Å². The molecule has 0 fully saturated rings. The smallest absolute Gasteiger partial charge is 0.308 e. The summed E-state index contributed by atoms with van der Waals surface area (Å²) in [5, 5.41) is 11.7. The summed E-state index contributed by atoms with van der Waals surface area (Å²) in [4.78, 5) is 11.8. The standard InChI is InChI=1S/C13H13NO3S/c1-8(15)17-11-5-4-9(7-10(11)16)13(14)12-3-2-6-18-12/h2-7,13,16H,14H2,1H3/t13-/m1/s1. The minimum Gasteiger partial charge on any atom is -0.504 e. The minimum atomic E-state index is -0.472. The molecule has 0 aliphatic carbocycles. The highest BCUT2D eigenvalue weighted by atomic mass is 32.1. The summed E-state index contributed by atoms with van der Waals surface area (Å²) in [5.41, 5.74) is 6.84. The lowest BCUT2D eigenvalue weighted by atomic mass is 10.1. The predicted molar refractivity (Wildman–Crippen MR) is 69.8 cm³/mol. The normalized spacial score (nSPS) is 12.1. The quantitative estimate of drug-likeness (QED) is 0.659. The van der Waals surface area contributed by atoms with Crippen molar-refractivity contribution in [1.82, 2.24) is 0 Å². The molecule has 0 saturated heterocycles. The lowest BCUT2D eigenvalue weighted by Crippen LogP contribution is -2.10. The number of aromatic hydroxyl groups is 1. The molecule has 0 aliphatic rings. The van der Waals surface area contributed by atoms with Crippen LogP contribution in [0.15, 0.2) is 35.7 Å². The van der Waals surface area contributed by atoms with Crippen molar-refractivity contribution >= 4 is 17.3 Å². The number of benzene rings is 1. The first kappa shape index (κ1) is 12.6. The molecule has 0 spiro atoms. The maximum atomic E-state index is 10.8. The van der Waals surface area contributed by atoms with E-state index in [-0.39, 0.29) is 17.5 Å². The monoisotopic (exact) mass is 263 g/mol. The van der Waals surface area contributed by atoms with Gasteiger partial charge in [0.15, 0.2) is 11.5 Å². The van der Waals surface area contributed by atoms with Crippen molar-refractivity contribution in [2.24, 2.45) is 5.73 Å². The van der Waals surface area contributed by atoms with E-state index in [4.69, 9.17) is 10.5 Å². The van der Waals surface area contributed by atoms with Crippen molar-refractivity contribution in [2.75, 3.05) is 0 Å². The van der Waals surface area contributed by atoms with Gasteiger partial charge >= 0.3 is 5.97 Å². The average molecular weight is 263 g/mol. The molecule has 2 aromatic rings. The molecule has 94 valence electrons. The van der Waals surface area contributed by atoms with E-state index >= 15 is 0 Å². The number of thiophene rings is 1. The Bertz CT molecular complexity index is 551. The number of ether oxygens (including phenoxy) is 1. The zero-order chi connectivity index (χ0) is 13.1. The minimum absolute atomic E-state index is 0.0882. The highest BCUT2D eigenvalue weighted by Crippen LogP contribution is 2.31. The molecule has 0 amide bonds. The molecule has 0 unspecified atom stereocenters. The van der Waals surface area contributed by atoms with Crippen LogP contribution in [0, 0.1) is 0 Å². The number of hydrogen-bond donors (Lipinski definition) is 2. The second-order valence-electron chi connectivity index (χ2n) is 3.81. The fourth-order valence-corrected chi connectivity index (χ4v) is 2.36. The molecule has 2 rings (SSSR count). The summed E-state index contributed by atoms with van der Waals surface area (Å²) >= 11 is 1.55. The first-order chi connectivity index (χ1) is 8.58. The topological polar surface area (TPSA) is 72.5 Å². The van der Waals surface area contributed by atoms with Gasteiger partial charge in [-0.2, -0.15) is 0 Å². The molecular weight excluding hydrogens is 250 g/mol. The third-order valence-electron chi connectivity index (χ3n) is 2.45. The zero-order valence-corrected chi connectivity index (χ0v) is 10.6. The van der Waals surface area contributed by atoms with Crippen molar-refractivity contribution in [1.29, 1.82) is 0 Å². The Morgan fingerprint density at radius 3 is 2.78 bits per heavy atom. The third kappa shape index (κ3) is 2.69. The molecule has 1 atom stereocenters. The first-order valence-corrected chi connectivity index (χ1v) is 6.26. The van der Waals surface area contributed by atoms with Gasteiger partial charge in [0, 0.05) is 11.8 Å². The van der Waals surface area contributed by atoms with E-state index in [9.17, 15) is 9.90 Å². The number of hydrogen-bond acceptors (Lipinski definition) is 5. The van der Waals surface area contributed by atoms with E-state index in [1.165, 1.54) is 13.0 Å². The van der Waals surface area contributed by atoms with Crippen LogP contribution in [0.4, 0.5) is 0 Å². The Labute approximate surface area is 109 Å². The van der Waals surface area contributed by atoms with E-state index in [2.05, 4.69) is 0 Å². The van der Waals surface area contributed by atoms with Crippen LogP contribution in [0.25, 0.3) is 0 Å². The van der Waals surface area contributed by atoms with Crippen LogP contribution in [0.1, 0.15) is 23.4 Å². The summed E-state index contributed by atoms with van der Waals surface area (Å²) in [6.45, 7) is 1.28. The Morgan fingerprint density at radius 2 is 2.22 bits per heavy atom. The predicted octanol–water partition coefficient (Wildman–Crippen LogP) is 2.43. The Hall–Kier alpha value is -1.85. The van der Waals surface area contributed by atoms with Gasteiger partial charge in [0.05, 0.1) is 6.04 Å². The molecule has 5 heteroatoms. The second kappa shape index (κ2) is 5.20. The fraction of sp³-hybridized carbons (Fsp3) is 0.154. The summed E-state index contributed by atoms with van der Waals surface area (Å²) < 4.78 is 4.84. The number of phenols is 1. The number of rotatable bonds is 3. The molecule has 1 aromatic heterocycles. The molecule has 4 nitrogen and oxygen atoms in total. The van der Waals surface area contributed by atoms with Crippen molar-refractivity contribution in [2.45, 2.75) is 13.0 Å². The van der Waals surface area contributed by atoms with Crippen LogP contribution < -0.4 is 10.5 Å². The van der Waals surface area contributed by atoms with Gasteiger partial charge in [0.25, 0.3) is 0 Å². The van der Waals surface area contributed by atoms with Gasteiger partial charge in [-0.1, -0.05) is 12.1 Å². The maximum absolute atomic E-state index is 10.8. The number of carbonyl (C=O) groups excluding carboxylic acids is 1. The van der Waals surface area contributed by atoms with E-state index in [0.29, 0.717) is 0 Å². The van der Waals surface area contributed by atoms with E-state index < -0.39 is 5.97 Å². The number of nitrogens with two attached hydrogens (primary N) is 1. The molecule has 0 saturated carbocycles. The molecule has 0 aliphatic heterocycles. The molecular formula is C13H13NO3S. The molecule has 1 aromatic carbocycles. The lowest BCUT2D eigenvalue weighted by molar-refractivity contribution is -0.132. The first-order valence-electron chi connectivity index (χ1n) is 5.38. The van der Waals surface area contributed by atoms with Crippen LogP contribution in [0.3, 0.4) is 0 Å². The van der Waals surface area contributed by atoms with Crippen LogP contribution in [-0.2, 0) is 4.79 Å². The summed E-state index contributed by atoms with van der Waals surface area (Å²) in [5.74, 6) is -0.417. The van der Waals surface area contributed by atoms with Gasteiger partial charge in [-0.05, 0) is 29.1 Å². The molecule has 1 heterocycles. The SMILES string of the molecule is CC(=O)Oc1ccc([C@@H](N)c2cccs2)cc1O. The fourth-order valence-electron chi connectivity index (χ4n) is 1.60. The zero-order valence-electron chi connectivity index (χ0n) is 9.79.